The molecule has 0 aromatic heterocycles. The number of hydrogen-bond donors (Lipinski definition) is 1. The van der Waals surface area contributed by atoms with Crippen molar-refractivity contribution in [3.05, 3.63) is 42.0 Å². The zero-order chi connectivity index (χ0) is 14.7. The molecule has 0 aliphatic carbocycles. The average molecular weight is 276 g/mol. The average Bonchev–Trinajstić information content (AvgIpc) is 2.37. The Kier molecular flexibility index (Phi) is 5.16. The lowest BCUT2D eigenvalue weighted by Gasteiger charge is -2.42. The van der Waals surface area contributed by atoms with Crippen LogP contribution in [-0.2, 0) is 0 Å². The van der Waals surface area contributed by atoms with Gasteiger partial charge in [0.05, 0.1) is 5.22 Å². The lowest BCUT2D eigenvalue weighted by atomic mass is 10.0. The normalized spacial score (nSPS) is 16.5. The highest BCUT2D eigenvalue weighted by Crippen LogP contribution is 2.32. The van der Waals surface area contributed by atoms with E-state index in [2.05, 4.69) is 71.1 Å². The second kappa shape index (κ2) is 6.06. The summed E-state index contributed by atoms with van der Waals surface area (Å²) in [5.74, 6) is 0.471. The van der Waals surface area contributed by atoms with Gasteiger partial charge in [-0.25, -0.2) is 0 Å². The summed E-state index contributed by atoms with van der Waals surface area (Å²) in [6, 6.07) is 10.5. The topological polar surface area (TPSA) is 20.2 Å². The van der Waals surface area contributed by atoms with E-state index in [1.54, 1.807) is 0 Å². The maximum atomic E-state index is 11.3. The molecule has 1 N–H and O–H groups in total. The number of hydrogen-bond acceptors (Lipinski definition) is 1. The number of rotatable bonds is 5. The van der Waals surface area contributed by atoms with E-state index in [0.717, 1.165) is 12.0 Å². The van der Waals surface area contributed by atoms with E-state index in [0.29, 0.717) is 5.92 Å². The van der Waals surface area contributed by atoms with Crippen molar-refractivity contribution in [2.75, 3.05) is 0 Å². The standard InChI is InChI=1S/C17H28OSi/c1-7-17(18,15(4)13-14(2)3)19(5,6)16-11-9-8-10-12-16/h8-14,18H,7H2,1-6H3/b15-13+/t17-/m0/s1. The zero-order valence-electron chi connectivity index (χ0n) is 13.2. The predicted octanol–water partition coefficient (Wildman–Crippen LogP) is 3.88. The molecule has 19 heavy (non-hydrogen) atoms. The van der Waals surface area contributed by atoms with Crippen LogP contribution in [0.25, 0.3) is 0 Å². The molecule has 0 radical (unpaired) electrons. The van der Waals surface area contributed by atoms with Crippen LogP contribution in [0, 0.1) is 5.92 Å². The van der Waals surface area contributed by atoms with Crippen molar-refractivity contribution < 1.29 is 5.11 Å². The van der Waals surface area contributed by atoms with E-state index >= 15 is 0 Å². The fourth-order valence-electron chi connectivity index (χ4n) is 2.95. The molecule has 0 saturated carbocycles. The van der Waals surface area contributed by atoms with E-state index in [4.69, 9.17) is 0 Å². The molecule has 0 spiro atoms. The van der Waals surface area contributed by atoms with Crippen molar-refractivity contribution in [2.45, 2.75) is 52.4 Å². The van der Waals surface area contributed by atoms with Crippen LogP contribution in [-0.4, -0.2) is 18.4 Å². The zero-order valence-corrected chi connectivity index (χ0v) is 14.2. The number of aliphatic hydroxyl groups is 1. The largest absolute Gasteiger partial charge is 0.389 e. The summed E-state index contributed by atoms with van der Waals surface area (Å²) in [7, 11) is -1.98. The van der Waals surface area contributed by atoms with Crippen LogP contribution in [0.2, 0.25) is 13.1 Å². The maximum absolute atomic E-state index is 11.3. The fraction of sp³-hybridized carbons (Fsp3) is 0.529. The highest BCUT2D eigenvalue weighted by Gasteiger charge is 2.46. The molecule has 0 bridgehead atoms. The summed E-state index contributed by atoms with van der Waals surface area (Å²) in [6.45, 7) is 13.0. The molecule has 0 unspecified atom stereocenters. The van der Waals surface area contributed by atoms with E-state index in [9.17, 15) is 5.11 Å². The molecule has 2 heteroatoms. The van der Waals surface area contributed by atoms with Crippen LogP contribution >= 0.6 is 0 Å². The predicted molar refractivity (Wildman–Crippen MR) is 87.4 cm³/mol. The van der Waals surface area contributed by atoms with Gasteiger partial charge >= 0.3 is 0 Å². The molecule has 1 aromatic rings. The Balaban J connectivity index is 3.28. The first-order chi connectivity index (χ1) is 8.75. The molecule has 0 heterocycles. The molecular formula is C17H28OSi. The Morgan fingerprint density at radius 2 is 1.79 bits per heavy atom. The molecule has 0 aliphatic rings. The van der Waals surface area contributed by atoms with Crippen molar-refractivity contribution in [1.29, 1.82) is 0 Å². The minimum Gasteiger partial charge on any atom is -0.389 e. The van der Waals surface area contributed by atoms with Gasteiger partial charge in [0, 0.05) is 0 Å². The molecule has 0 saturated heterocycles. The van der Waals surface area contributed by atoms with E-state index < -0.39 is 13.3 Å². The third-order valence-corrected chi connectivity index (χ3v) is 8.87. The molecular weight excluding hydrogens is 248 g/mol. The smallest absolute Gasteiger partial charge is 0.122 e. The van der Waals surface area contributed by atoms with Gasteiger partial charge in [-0.15, -0.1) is 0 Å². The molecule has 1 aromatic carbocycles. The van der Waals surface area contributed by atoms with Gasteiger partial charge in [-0.05, 0) is 24.8 Å². The van der Waals surface area contributed by atoms with Crippen molar-refractivity contribution in [3.8, 4) is 0 Å². The van der Waals surface area contributed by atoms with E-state index in [1.807, 2.05) is 6.07 Å². The number of benzene rings is 1. The molecule has 1 nitrogen and oxygen atoms in total. The quantitative estimate of drug-likeness (QED) is 0.639. The Hall–Kier alpha value is -0.863. The summed E-state index contributed by atoms with van der Waals surface area (Å²) in [5.41, 5.74) is 1.13. The molecule has 0 fully saturated rings. The highest BCUT2D eigenvalue weighted by atomic mass is 28.3. The molecule has 1 atom stereocenters. The minimum atomic E-state index is -1.98. The van der Waals surface area contributed by atoms with Crippen LogP contribution in [0.3, 0.4) is 0 Å². The van der Waals surface area contributed by atoms with Gasteiger partial charge in [0.15, 0.2) is 0 Å². The Bertz CT molecular complexity index is 434. The minimum absolute atomic E-state index is 0.471. The van der Waals surface area contributed by atoms with Crippen molar-refractivity contribution in [1.82, 2.24) is 0 Å². The summed E-state index contributed by atoms with van der Waals surface area (Å²) in [4.78, 5) is 0. The van der Waals surface area contributed by atoms with Gasteiger partial charge in [0.1, 0.15) is 8.07 Å². The van der Waals surface area contributed by atoms with Gasteiger partial charge in [-0.1, -0.05) is 75.5 Å². The monoisotopic (exact) mass is 276 g/mol. The first kappa shape index (κ1) is 16.2. The van der Waals surface area contributed by atoms with Crippen LogP contribution in [0.1, 0.15) is 34.1 Å². The SMILES string of the molecule is CC[C@@](O)(/C(C)=C/C(C)C)[Si](C)(C)c1ccccc1. The summed E-state index contributed by atoms with van der Waals surface area (Å²) in [5, 5.41) is 12.0. The van der Waals surface area contributed by atoms with Crippen molar-refractivity contribution in [2.24, 2.45) is 5.92 Å². The molecule has 106 valence electrons. The Labute approximate surface area is 119 Å². The lowest BCUT2D eigenvalue weighted by Crippen LogP contribution is -2.62. The summed E-state index contributed by atoms with van der Waals surface area (Å²) in [6.07, 6.45) is 2.98. The van der Waals surface area contributed by atoms with Gasteiger partial charge in [-0.2, -0.15) is 0 Å². The third-order valence-electron chi connectivity index (χ3n) is 4.28. The van der Waals surface area contributed by atoms with Gasteiger partial charge < -0.3 is 5.11 Å². The van der Waals surface area contributed by atoms with Crippen LogP contribution in [0.15, 0.2) is 42.0 Å². The molecule has 0 aliphatic heterocycles. The third kappa shape index (κ3) is 3.18. The summed E-state index contributed by atoms with van der Waals surface area (Å²) >= 11 is 0. The summed E-state index contributed by atoms with van der Waals surface area (Å²) < 4.78 is 0. The second-order valence-electron chi connectivity index (χ2n) is 6.30. The Morgan fingerprint density at radius 3 is 2.21 bits per heavy atom. The van der Waals surface area contributed by atoms with Crippen LogP contribution in [0.5, 0.6) is 0 Å². The highest BCUT2D eigenvalue weighted by molar-refractivity contribution is 6.92. The lowest BCUT2D eigenvalue weighted by molar-refractivity contribution is 0.149. The first-order valence-corrected chi connectivity index (χ1v) is 10.2. The van der Waals surface area contributed by atoms with E-state index in [-0.39, 0.29) is 0 Å². The molecule has 0 amide bonds. The van der Waals surface area contributed by atoms with Gasteiger partial charge in [0.25, 0.3) is 0 Å². The second-order valence-corrected chi connectivity index (χ2v) is 11.0. The Morgan fingerprint density at radius 1 is 1.26 bits per heavy atom. The van der Waals surface area contributed by atoms with Crippen LogP contribution in [0.4, 0.5) is 0 Å². The van der Waals surface area contributed by atoms with Crippen LogP contribution < -0.4 is 5.19 Å². The van der Waals surface area contributed by atoms with Gasteiger partial charge in [0.2, 0.25) is 0 Å². The van der Waals surface area contributed by atoms with Crippen molar-refractivity contribution >= 4 is 13.3 Å². The first-order valence-electron chi connectivity index (χ1n) is 7.22. The number of allylic oxidation sites excluding steroid dienone is 1. The van der Waals surface area contributed by atoms with Crippen molar-refractivity contribution in [3.63, 3.8) is 0 Å². The maximum Gasteiger partial charge on any atom is 0.122 e. The molecule has 1 rings (SSSR count). The van der Waals surface area contributed by atoms with E-state index in [1.165, 1.54) is 5.19 Å². The fourth-order valence-corrected chi connectivity index (χ4v) is 6.40. The van der Waals surface area contributed by atoms with Gasteiger partial charge in [-0.3, -0.25) is 0 Å².